The van der Waals surface area contributed by atoms with Crippen molar-refractivity contribution < 1.29 is 13.6 Å². The number of aromatic nitrogens is 4. The highest BCUT2D eigenvalue weighted by Gasteiger charge is 2.46. The minimum absolute atomic E-state index is 0.309. The molecule has 2 amide bonds. The van der Waals surface area contributed by atoms with Crippen LogP contribution in [0.5, 0.6) is 0 Å². The van der Waals surface area contributed by atoms with E-state index in [-0.39, 0.29) is 0 Å². The topological polar surface area (TPSA) is 98.8 Å². The van der Waals surface area contributed by atoms with Gasteiger partial charge in [-0.05, 0) is 31.7 Å². The van der Waals surface area contributed by atoms with E-state index in [1.807, 2.05) is 49.4 Å². The number of hydrogen-bond acceptors (Lipinski definition) is 5. The maximum Gasteiger partial charge on any atom is 0.320 e. The summed E-state index contributed by atoms with van der Waals surface area (Å²) in [4.78, 5) is 23.0. The van der Waals surface area contributed by atoms with Crippen LogP contribution in [-0.4, -0.2) is 63.2 Å². The van der Waals surface area contributed by atoms with Crippen molar-refractivity contribution in [2.24, 2.45) is 0 Å². The number of amides is 2. The maximum atomic E-state index is 13.9. The van der Waals surface area contributed by atoms with Gasteiger partial charge in [0.05, 0.1) is 17.6 Å². The summed E-state index contributed by atoms with van der Waals surface area (Å²) in [7, 11) is 1.65. The second kappa shape index (κ2) is 9.38. The molecule has 4 aromatic rings. The lowest BCUT2D eigenvalue weighted by Gasteiger charge is -2.26. The number of urea groups is 1. The number of anilines is 1. The van der Waals surface area contributed by atoms with Crippen LogP contribution < -0.4 is 10.6 Å². The summed E-state index contributed by atoms with van der Waals surface area (Å²) in [6, 6.07) is 12.6. The zero-order valence-corrected chi connectivity index (χ0v) is 19.2. The molecule has 3 N–H and O–H groups in total. The van der Waals surface area contributed by atoms with Gasteiger partial charge >= 0.3 is 6.03 Å². The number of fused-ring (bicyclic) bond motifs is 1. The summed E-state index contributed by atoms with van der Waals surface area (Å²) in [6.07, 6.45) is 0.825. The molecule has 180 valence electrons. The Kier molecular flexibility index (Phi) is 6.12. The van der Waals surface area contributed by atoms with Crippen LogP contribution in [0.3, 0.4) is 0 Å². The number of pyridine rings is 2. The monoisotopic (exact) mass is 477 g/mol. The molecule has 3 atom stereocenters. The van der Waals surface area contributed by atoms with Gasteiger partial charge in [-0.2, -0.15) is 5.10 Å². The van der Waals surface area contributed by atoms with Crippen molar-refractivity contribution in [2.45, 2.75) is 31.4 Å². The van der Waals surface area contributed by atoms with Gasteiger partial charge in [0, 0.05) is 47.6 Å². The van der Waals surface area contributed by atoms with E-state index in [0.29, 0.717) is 17.9 Å². The van der Waals surface area contributed by atoms with E-state index >= 15 is 0 Å². The van der Waals surface area contributed by atoms with Crippen molar-refractivity contribution in [2.75, 3.05) is 18.9 Å². The Balaban J connectivity index is 1.33. The molecule has 3 aromatic heterocycles. The standard InChI is InChI=1S/C25H25F2N7O/c1-14-10-16(8-9-28-14)22-17-12-29-20(11-18(17)32-33-22)31-25(35)30-19-13-34(2)23(24(26)27)21(19)15-6-4-3-5-7-15/h3-12,19,21,23-24H,13H2,1-2H3,(H,32,33)(H2,29,30,31,35)/t19-,21+,23+/m0/s1. The fourth-order valence-corrected chi connectivity index (χ4v) is 4.86. The molecule has 4 heterocycles. The number of nitrogens with zero attached hydrogens (tertiary/aromatic N) is 4. The largest absolute Gasteiger partial charge is 0.333 e. The molecule has 1 aromatic carbocycles. The Morgan fingerprint density at radius 1 is 1.17 bits per heavy atom. The van der Waals surface area contributed by atoms with Gasteiger partial charge in [0.15, 0.2) is 0 Å². The van der Waals surface area contributed by atoms with Crippen LogP contribution in [0.2, 0.25) is 0 Å². The fourth-order valence-electron chi connectivity index (χ4n) is 4.86. The number of halogens is 2. The molecule has 0 radical (unpaired) electrons. The first-order valence-electron chi connectivity index (χ1n) is 11.3. The average molecular weight is 478 g/mol. The van der Waals surface area contributed by atoms with E-state index < -0.39 is 30.5 Å². The Hall–Kier alpha value is -3.92. The molecular weight excluding hydrogens is 452 g/mol. The quantitative estimate of drug-likeness (QED) is 0.401. The number of hydrogen-bond donors (Lipinski definition) is 3. The third-order valence-corrected chi connectivity index (χ3v) is 6.41. The van der Waals surface area contributed by atoms with Crippen LogP contribution >= 0.6 is 0 Å². The van der Waals surface area contributed by atoms with Crippen LogP contribution in [0.25, 0.3) is 22.2 Å². The normalized spacial score (nSPS) is 20.4. The zero-order chi connectivity index (χ0) is 24.5. The van der Waals surface area contributed by atoms with Crippen molar-refractivity contribution >= 4 is 22.8 Å². The fraction of sp³-hybridized carbons (Fsp3) is 0.280. The van der Waals surface area contributed by atoms with Gasteiger partial charge < -0.3 is 5.32 Å². The summed E-state index contributed by atoms with van der Waals surface area (Å²) >= 11 is 0. The van der Waals surface area contributed by atoms with Crippen LogP contribution in [0.4, 0.5) is 19.4 Å². The first-order valence-corrected chi connectivity index (χ1v) is 11.3. The predicted molar refractivity (Wildman–Crippen MR) is 129 cm³/mol. The third-order valence-electron chi connectivity index (χ3n) is 6.41. The molecule has 1 aliphatic heterocycles. The summed E-state index contributed by atoms with van der Waals surface area (Å²) in [5.41, 5.74) is 4.01. The number of rotatable bonds is 5. The highest BCUT2D eigenvalue weighted by atomic mass is 19.3. The summed E-state index contributed by atoms with van der Waals surface area (Å²) in [5, 5.41) is 13.8. The summed E-state index contributed by atoms with van der Waals surface area (Å²) in [6.45, 7) is 2.22. The van der Waals surface area contributed by atoms with Gasteiger partial charge in [-0.3, -0.25) is 20.3 Å². The molecule has 0 unspecified atom stereocenters. The average Bonchev–Trinajstić information content (AvgIpc) is 3.39. The number of aryl methyl sites for hydroxylation is 1. The lowest BCUT2D eigenvalue weighted by atomic mass is 9.88. The Morgan fingerprint density at radius 2 is 1.97 bits per heavy atom. The molecule has 10 heteroatoms. The van der Waals surface area contributed by atoms with Gasteiger partial charge in [0.2, 0.25) is 0 Å². The van der Waals surface area contributed by atoms with Crippen LogP contribution in [0.1, 0.15) is 17.2 Å². The minimum Gasteiger partial charge on any atom is -0.333 e. The zero-order valence-electron chi connectivity index (χ0n) is 19.2. The van der Waals surface area contributed by atoms with Gasteiger partial charge in [-0.15, -0.1) is 0 Å². The van der Waals surface area contributed by atoms with Crippen LogP contribution in [0.15, 0.2) is 60.9 Å². The number of aromatic amines is 1. The molecule has 0 bridgehead atoms. The van der Waals surface area contributed by atoms with Crippen molar-refractivity contribution in [3.63, 3.8) is 0 Å². The first-order chi connectivity index (χ1) is 16.9. The molecule has 35 heavy (non-hydrogen) atoms. The first kappa shape index (κ1) is 22.9. The molecular formula is C25H25F2N7O. The number of likely N-dealkylation sites (N-methyl/N-ethyl adjacent to an activating group) is 1. The maximum absolute atomic E-state index is 13.9. The van der Waals surface area contributed by atoms with Crippen LogP contribution in [-0.2, 0) is 0 Å². The predicted octanol–water partition coefficient (Wildman–Crippen LogP) is 4.18. The molecule has 0 saturated carbocycles. The molecule has 1 saturated heterocycles. The lowest BCUT2D eigenvalue weighted by Crippen LogP contribution is -2.43. The number of alkyl halides is 2. The number of likely N-dealkylation sites (tertiary alicyclic amines) is 1. The van der Waals surface area contributed by atoms with Crippen molar-refractivity contribution in [3.8, 4) is 11.3 Å². The van der Waals surface area contributed by atoms with Gasteiger partial charge in [-0.1, -0.05) is 30.3 Å². The smallest absolute Gasteiger partial charge is 0.320 e. The highest BCUT2D eigenvalue weighted by molar-refractivity contribution is 5.95. The minimum atomic E-state index is -2.54. The van der Waals surface area contributed by atoms with E-state index in [1.165, 1.54) is 0 Å². The lowest BCUT2D eigenvalue weighted by molar-refractivity contribution is 0.0512. The highest BCUT2D eigenvalue weighted by Crippen LogP contribution is 2.36. The SMILES string of the molecule is Cc1cc(-c2n[nH]c3cc(NC(=O)N[C@H]4CN(C)[C@@H](C(F)F)[C@@H]4c4ccccc4)ncc23)ccn1. The van der Waals surface area contributed by atoms with Crippen molar-refractivity contribution in [1.29, 1.82) is 0 Å². The number of benzene rings is 1. The van der Waals surface area contributed by atoms with Crippen LogP contribution in [0, 0.1) is 6.92 Å². The molecule has 8 nitrogen and oxygen atoms in total. The van der Waals surface area contributed by atoms with Gasteiger partial charge in [-0.25, -0.2) is 18.6 Å². The molecule has 1 fully saturated rings. The Morgan fingerprint density at radius 3 is 2.71 bits per heavy atom. The molecule has 0 aliphatic carbocycles. The van der Waals surface area contributed by atoms with E-state index in [4.69, 9.17) is 0 Å². The Bertz CT molecular complexity index is 1340. The third kappa shape index (κ3) is 4.57. The molecule has 5 rings (SSSR count). The Labute approximate surface area is 200 Å². The van der Waals surface area contributed by atoms with E-state index in [0.717, 1.165) is 27.9 Å². The summed E-state index contributed by atoms with van der Waals surface area (Å²) in [5.74, 6) is -0.217. The van der Waals surface area contributed by atoms with E-state index in [9.17, 15) is 13.6 Å². The second-order valence-electron chi connectivity index (χ2n) is 8.78. The van der Waals surface area contributed by atoms with Crippen molar-refractivity contribution in [3.05, 3.63) is 72.2 Å². The number of nitrogens with one attached hydrogen (secondary N) is 3. The van der Waals surface area contributed by atoms with Gasteiger partial charge in [0.25, 0.3) is 6.43 Å². The number of carbonyl (C=O) groups excluding carboxylic acids is 1. The summed E-state index contributed by atoms with van der Waals surface area (Å²) < 4.78 is 27.8. The van der Waals surface area contributed by atoms with Crippen molar-refractivity contribution in [1.82, 2.24) is 30.4 Å². The van der Waals surface area contributed by atoms with E-state index in [2.05, 4.69) is 30.8 Å². The molecule has 1 aliphatic rings. The molecule has 0 spiro atoms. The van der Waals surface area contributed by atoms with E-state index in [1.54, 1.807) is 30.4 Å². The number of carbonyl (C=O) groups is 1. The second-order valence-corrected chi connectivity index (χ2v) is 8.78. The number of H-pyrrole nitrogens is 1. The van der Waals surface area contributed by atoms with Gasteiger partial charge in [0.1, 0.15) is 11.5 Å².